The molecule has 4 nitrogen and oxygen atoms in total. The minimum atomic E-state index is -0.0236. The molecule has 1 heterocycles. The van der Waals surface area contributed by atoms with Gasteiger partial charge < -0.3 is 16.0 Å². The van der Waals surface area contributed by atoms with E-state index in [9.17, 15) is 4.79 Å². The maximum absolute atomic E-state index is 11.9. The minimum Gasteiger partial charge on any atom is -0.399 e. The van der Waals surface area contributed by atoms with Gasteiger partial charge in [-0.25, -0.2) is 0 Å². The number of anilines is 1. The van der Waals surface area contributed by atoms with Gasteiger partial charge in [-0.3, -0.25) is 4.79 Å². The van der Waals surface area contributed by atoms with Crippen LogP contribution in [0.2, 0.25) is 0 Å². The third kappa shape index (κ3) is 1.86. The van der Waals surface area contributed by atoms with Crippen LogP contribution in [0.25, 0.3) is 10.9 Å². The molecule has 4 N–H and O–H groups in total. The molecule has 0 atom stereocenters. The molecule has 0 spiro atoms. The molecular weight excluding hydrogens is 214 g/mol. The molecule has 1 fully saturated rings. The Bertz CT molecular complexity index is 569. The number of fused-ring (bicyclic) bond motifs is 1. The van der Waals surface area contributed by atoms with Gasteiger partial charge in [0.25, 0.3) is 5.91 Å². The Hall–Kier alpha value is -1.97. The van der Waals surface area contributed by atoms with E-state index < -0.39 is 0 Å². The summed E-state index contributed by atoms with van der Waals surface area (Å²) in [6.07, 6.45) is 3.41. The first-order chi connectivity index (χ1) is 8.22. The van der Waals surface area contributed by atoms with Crippen LogP contribution in [0.15, 0.2) is 24.3 Å². The average Bonchev–Trinajstić information content (AvgIpc) is 2.65. The molecule has 17 heavy (non-hydrogen) atoms. The number of hydrogen-bond acceptors (Lipinski definition) is 2. The quantitative estimate of drug-likeness (QED) is 0.689. The maximum Gasteiger partial charge on any atom is 0.267 e. The SMILES string of the molecule is Nc1ccc2[nH]c(C(=O)NC3CCC3)cc2c1. The fourth-order valence-corrected chi connectivity index (χ4v) is 2.09. The van der Waals surface area contributed by atoms with Crippen LogP contribution in [0.5, 0.6) is 0 Å². The van der Waals surface area contributed by atoms with Gasteiger partial charge in [0.2, 0.25) is 0 Å². The van der Waals surface area contributed by atoms with Gasteiger partial charge in [-0.2, -0.15) is 0 Å². The molecule has 1 aliphatic rings. The molecule has 0 radical (unpaired) electrons. The average molecular weight is 229 g/mol. The molecule has 1 aliphatic carbocycles. The summed E-state index contributed by atoms with van der Waals surface area (Å²) >= 11 is 0. The van der Waals surface area contributed by atoms with Crippen LogP contribution in [0.1, 0.15) is 29.8 Å². The topological polar surface area (TPSA) is 70.9 Å². The van der Waals surface area contributed by atoms with Gasteiger partial charge >= 0.3 is 0 Å². The molecule has 0 unspecified atom stereocenters. The third-order valence-corrected chi connectivity index (χ3v) is 3.33. The van der Waals surface area contributed by atoms with Gasteiger partial charge in [0.05, 0.1) is 0 Å². The Morgan fingerprint density at radius 3 is 2.88 bits per heavy atom. The highest BCUT2D eigenvalue weighted by Crippen LogP contribution is 2.21. The Morgan fingerprint density at radius 1 is 1.35 bits per heavy atom. The molecule has 2 aromatic rings. The molecule has 1 aromatic carbocycles. The summed E-state index contributed by atoms with van der Waals surface area (Å²) < 4.78 is 0. The zero-order valence-electron chi connectivity index (χ0n) is 9.49. The largest absolute Gasteiger partial charge is 0.399 e. The summed E-state index contributed by atoms with van der Waals surface area (Å²) in [4.78, 5) is 15.0. The van der Waals surface area contributed by atoms with Gasteiger partial charge in [-0.05, 0) is 43.5 Å². The standard InChI is InChI=1S/C13H15N3O/c14-9-4-5-11-8(6-9)7-12(16-11)13(17)15-10-2-1-3-10/h4-7,10,16H,1-3,14H2,(H,15,17). The van der Waals surface area contributed by atoms with E-state index in [4.69, 9.17) is 5.73 Å². The number of benzene rings is 1. The molecule has 0 saturated heterocycles. The molecule has 4 heteroatoms. The minimum absolute atomic E-state index is 0.0236. The number of rotatable bonds is 2. The number of carbonyl (C=O) groups is 1. The molecule has 88 valence electrons. The monoisotopic (exact) mass is 229 g/mol. The number of hydrogen-bond donors (Lipinski definition) is 3. The first-order valence-electron chi connectivity index (χ1n) is 5.91. The van der Waals surface area contributed by atoms with Crippen LogP contribution < -0.4 is 11.1 Å². The Labute approximate surface area is 99.2 Å². The number of H-pyrrole nitrogens is 1. The van der Waals surface area contributed by atoms with Crippen LogP contribution in [-0.4, -0.2) is 16.9 Å². The van der Waals surface area contributed by atoms with Crippen molar-refractivity contribution in [2.75, 3.05) is 5.73 Å². The number of aromatic amines is 1. The first-order valence-corrected chi connectivity index (χ1v) is 5.91. The van der Waals surface area contributed by atoms with Crippen LogP contribution in [0.3, 0.4) is 0 Å². The highest BCUT2D eigenvalue weighted by Gasteiger charge is 2.20. The van der Waals surface area contributed by atoms with Crippen molar-refractivity contribution in [2.24, 2.45) is 0 Å². The predicted octanol–water partition coefficient (Wildman–Crippen LogP) is 2.03. The summed E-state index contributed by atoms with van der Waals surface area (Å²) in [5.74, 6) is -0.0236. The van der Waals surface area contributed by atoms with Gasteiger partial charge in [0, 0.05) is 22.6 Å². The van der Waals surface area contributed by atoms with E-state index in [0.29, 0.717) is 17.4 Å². The summed E-state index contributed by atoms with van der Waals surface area (Å²) in [5, 5.41) is 3.98. The zero-order valence-corrected chi connectivity index (χ0v) is 9.49. The first kappa shape index (κ1) is 10.2. The van der Waals surface area contributed by atoms with Gasteiger partial charge in [0.15, 0.2) is 0 Å². The molecular formula is C13H15N3O. The van der Waals surface area contributed by atoms with Crippen LogP contribution in [-0.2, 0) is 0 Å². The fourth-order valence-electron chi connectivity index (χ4n) is 2.09. The Balaban J connectivity index is 1.86. The summed E-state index contributed by atoms with van der Waals surface area (Å²) in [6, 6.07) is 7.79. The lowest BCUT2D eigenvalue weighted by Gasteiger charge is -2.25. The second-order valence-electron chi connectivity index (χ2n) is 4.63. The maximum atomic E-state index is 11.9. The van der Waals surface area contributed by atoms with Gasteiger partial charge in [-0.1, -0.05) is 0 Å². The number of amides is 1. The van der Waals surface area contributed by atoms with Crippen molar-refractivity contribution in [1.82, 2.24) is 10.3 Å². The van der Waals surface area contributed by atoms with E-state index in [1.165, 1.54) is 6.42 Å². The van der Waals surface area contributed by atoms with Crippen molar-refractivity contribution < 1.29 is 4.79 Å². The number of carbonyl (C=O) groups excluding carboxylic acids is 1. The van der Waals surface area contributed by atoms with Gasteiger partial charge in [-0.15, -0.1) is 0 Å². The smallest absolute Gasteiger partial charge is 0.267 e. The molecule has 1 amide bonds. The van der Waals surface area contributed by atoms with Crippen LogP contribution in [0, 0.1) is 0 Å². The predicted molar refractivity (Wildman–Crippen MR) is 67.8 cm³/mol. The van der Waals surface area contributed by atoms with E-state index >= 15 is 0 Å². The van der Waals surface area contributed by atoms with E-state index in [2.05, 4.69) is 10.3 Å². The second-order valence-corrected chi connectivity index (χ2v) is 4.63. The number of aromatic nitrogens is 1. The van der Waals surface area contributed by atoms with Crippen molar-refractivity contribution >= 4 is 22.5 Å². The summed E-state index contributed by atoms with van der Waals surface area (Å²) in [5.41, 5.74) is 7.97. The van der Waals surface area contributed by atoms with E-state index in [0.717, 1.165) is 23.7 Å². The highest BCUT2D eigenvalue weighted by atomic mass is 16.1. The van der Waals surface area contributed by atoms with Crippen LogP contribution >= 0.6 is 0 Å². The Morgan fingerprint density at radius 2 is 2.18 bits per heavy atom. The normalized spacial score (nSPS) is 15.8. The summed E-state index contributed by atoms with van der Waals surface area (Å²) in [6.45, 7) is 0. The second kappa shape index (κ2) is 3.80. The van der Waals surface area contributed by atoms with E-state index in [1.807, 2.05) is 24.3 Å². The number of nitrogen functional groups attached to an aromatic ring is 1. The van der Waals surface area contributed by atoms with Gasteiger partial charge in [0.1, 0.15) is 5.69 Å². The number of nitrogens with one attached hydrogen (secondary N) is 2. The molecule has 3 rings (SSSR count). The van der Waals surface area contributed by atoms with Crippen molar-refractivity contribution in [2.45, 2.75) is 25.3 Å². The summed E-state index contributed by atoms with van der Waals surface area (Å²) in [7, 11) is 0. The van der Waals surface area contributed by atoms with E-state index in [1.54, 1.807) is 0 Å². The van der Waals surface area contributed by atoms with Crippen LogP contribution in [0.4, 0.5) is 5.69 Å². The third-order valence-electron chi connectivity index (χ3n) is 3.33. The zero-order chi connectivity index (χ0) is 11.8. The highest BCUT2D eigenvalue weighted by molar-refractivity contribution is 5.98. The Kier molecular flexibility index (Phi) is 2.28. The lowest BCUT2D eigenvalue weighted by molar-refractivity contribution is 0.0912. The fraction of sp³-hybridized carbons (Fsp3) is 0.308. The van der Waals surface area contributed by atoms with Crippen molar-refractivity contribution in [3.63, 3.8) is 0 Å². The molecule has 0 bridgehead atoms. The van der Waals surface area contributed by atoms with E-state index in [-0.39, 0.29) is 5.91 Å². The van der Waals surface area contributed by atoms with Crippen molar-refractivity contribution in [1.29, 1.82) is 0 Å². The molecule has 0 aliphatic heterocycles. The molecule has 1 aromatic heterocycles. The molecule has 1 saturated carbocycles. The van der Waals surface area contributed by atoms with Crippen molar-refractivity contribution in [3.05, 3.63) is 30.0 Å². The lowest BCUT2D eigenvalue weighted by atomic mass is 9.93. The van der Waals surface area contributed by atoms with Crippen molar-refractivity contribution in [3.8, 4) is 0 Å². The number of nitrogens with two attached hydrogens (primary N) is 1. The lowest BCUT2D eigenvalue weighted by Crippen LogP contribution is -2.39.